The molecular formula is C52H76N11O24. The van der Waals surface area contributed by atoms with Gasteiger partial charge in [0.2, 0.25) is 36.2 Å². The third kappa shape index (κ3) is 15.5. The molecule has 1 radical (unpaired) electrons. The molecule has 483 valence electrons. The van der Waals surface area contributed by atoms with Gasteiger partial charge in [0.15, 0.2) is 24.4 Å². The van der Waals surface area contributed by atoms with Crippen LogP contribution in [0.15, 0.2) is 54.6 Å². The molecule has 5 saturated heterocycles. The molecule has 35 heteroatoms. The second-order valence-electron chi connectivity index (χ2n) is 21.4. The Hall–Kier alpha value is -6.59. The molecule has 87 heavy (non-hydrogen) atoms. The molecular weight excluding hydrogens is 1160 g/mol. The Bertz CT molecular complexity index is 2660. The van der Waals surface area contributed by atoms with Gasteiger partial charge in [0, 0.05) is 32.2 Å². The van der Waals surface area contributed by atoms with E-state index in [-0.39, 0.29) is 23.8 Å². The number of amides is 4. The molecule has 7 rings (SSSR count). The lowest BCUT2D eigenvalue weighted by Gasteiger charge is -2.46. The Labute approximate surface area is 495 Å². The zero-order valence-corrected chi connectivity index (χ0v) is 46.7. The number of hydrogen-bond acceptors (Lipinski definition) is 27. The maximum absolute atomic E-state index is 14.9. The van der Waals surface area contributed by atoms with E-state index in [0.29, 0.717) is 5.69 Å². The number of hydrogen-bond donors (Lipinski definition) is 23. The van der Waals surface area contributed by atoms with Gasteiger partial charge < -0.3 is 142 Å². The van der Waals surface area contributed by atoms with Crippen LogP contribution in [-0.2, 0) is 49.3 Å². The summed E-state index contributed by atoms with van der Waals surface area (Å²) in [6, 6.07) is 2.42. The Morgan fingerprint density at radius 2 is 1.25 bits per heavy atom. The fraction of sp³-hybridized carbons (Fsp3) is 0.635. The number of guanidine groups is 2. The van der Waals surface area contributed by atoms with Gasteiger partial charge in [-0.1, -0.05) is 30.3 Å². The van der Waals surface area contributed by atoms with Crippen molar-refractivity contribution in [2.45, 2.75) is 160 Å². The zero-order chi connectivity index (χ0) is 63.7. The molecule has 0 aromatic heterocycles. The summed E-state index contributed by atoms with van der Waals surface area (Å²) >= 11 is 0. The molecule has 0 aliphatic carbocycles. The summed E-state index contributed by atoms with van der Waals surface area (Å²) in [4.78, 5) is 72.2. The monoisotopic (exact) mass is 1240 g/mol. The topological polar surface area (TPSA) is 553 Å². The van der Waals surface area contributed by atoms with Crippen molar-refractivity contribution in [1.29, 1.82) is 10.8 Å². The number of anilines is 1. The lowest BCUT2D eigenvalue weighted by Crippen LogP contribution is -2.69. The highest BCUT2D eigenvalue weighted by atomic mass is 16.7. The molecule has 5 fully saturated rings. The van der Waals surface area contributed by atoms with Crippen LogP contribution in [0, 0.1) is 10.8 Å². The van der Waals surface area contributed by atoms with E-state index in [0.717, 1.165) is 4.90 Å². The summed E-state index contributed by atoms with van der Waals surface area (Å²) in [6.45, 7) is -2.74. The smallest absolute Gasteiger partial charge is 0.246 e. The van der Waals surface area contributed by atoms with Crippen molar-refractivity contribution in [1.82, 2.24) is 42.1 Å². The lowest BCUT2D eigenvalue weighted by atomic mass is 9.95. The van der Waals surface area contributed by atoms with E-state index in [2.05, 4.69) is 37.2 Å². The van der Waals surface area contributed by atoms with Gasteiger partial charge in [0.1, 0.15) is 121 Å². The van der Waals surface area contributed by atoms with E-state index in [4.69, 9.17) is 34.5 Å². The number of ether oxygens (including phenoxy) is 5. The summed E-state index contributed by atoms with van der Waals surface area (Å²) in [6.07, 6.45) is -29.9. The minimum atomic E-state index is -2.28. The highest BCUT2D eigenvalue weighted by Gasteiger charge is 2.54. The fourth-order valence-electron chi connectivity index (χ4n) is 10.4. The number of benzene rings is 2. The predicted molar refractivity (Wildman–Crippen MR) is 292 cm³/mol. The highest BCUT2D eigenvalue weighted by molar-refractivity contribution is 5.96. The van der Waals surface area contributed by atoms with Crippen LogP contribution < -0.4 is 46.9 Å². The molecule has 4 amide bonds. The summed E-state index contributed by atoms with van der Waals surface area (Å²) in [5, 5.41) is 183. The molecule has 2 aromatic carbocycles. The summed E-state index contributed by atoms with van der Waals surface area (Å²) in [7, 11) is 1.61. The van der Waals surface area contributed by atoms with E-state index >= 15 is 0 Å². The van der Waals surface area contributed by atoms with Crippen molar-refractivity contribution in [2.24, 2.45) is 0 Å². The van der Waals surface area contributed by atoms with E-state index in [9.17, 15) is 95.5 Å². The third-order valence-corrected chi connectivity index (χ3v) is 15.7. The van der Waals surface area contributed by atoms with Crippen LogP contribution in [-0.4, -0.2) is 311 Å². The Balaban J connectivity index is 1.15. The first-order chi connectivity index (χ1) is 41.4. The Morgan fingerprint density at radius 3 is 1.85 bits per heavy atom. The predicted octanol–water partition coefficient (Wildman–Crippen LogP) is -12.0. The van der Waals surface area contributed by atoms with Crippen LogP contribution >= 0.6 is 0 Å². The maximum atomic E-state index is 14.9. The Kier molecular flexibility index (Phi) is 23.5. The minimum Gasteiger partial charge on any atom is -0.462 e. The van der Waals surface area contributed by atoms with Crippen molar-refractivity contribution >= 4 is 47.5 Å². The maximum Gasteiger partial charge on any atom is 0.246 e. The van der Waals surface area contributed by atoms with Crippen LogP contribution in [0.5, 0.6) is 5.75 Å². The lowest BCUT2D eigenvalue weighted by molar-refractivity contribution is -0.352. The standard InChI is InChI=1S/C52H76N11O24/c1-20(62(2)23-6-4-3-5-7-23)44(79)58-25(12-21-8-10-24(11-9-21)83-49-42(78)39(75)43(30(19-68)86-49)87-50-41(77)38(74)36(72)29(18-67)85-50)45(80)60-31(33(69)26-13-55-51(53)59-26)47(82)61-32(46(81)57-22(15-64)16-65)34(70)27-14-56-52(54)63(27)48-40(76)37(73)35(71)28(17-66)84-48/h3-11,20,22,25-43,48-50,64,66-78H,12-15,17-19H2,1-2H3,(H2,54,56)(H,57,81)(H,58,79)(H,60,80)(H,61,82)(H3,53,55,59). The number of para-hydroxylation sites is 1. The SMILES string of the molecule is CC(C(=O)NC(Cc1ccc(OC2OC(CO)C(OC3OC(CO)C(O)C(O)C3O)C(O)C2O)cc1)C(=O)NC(C(=O)NC(C(=O)NC([C]=O)CO)C(O)C1CNC(=N)N1C1OC(CO)C(O)C(O)C1O)C(O)C1CNC(=N)N1)N(C)c1ccccc1. The number of aliphatic hydroxyl groups excluding tert-OH is 14. The zero-order valence-electron chi connectivity index (χ0n) is 46.7. The van der Waals surface area contributed by atoms with Gasteiger partial charge in [0.05, 0.1) is 38.5 Å². The van der Waals surface area contributed by atoms with Crippen molar-refractivity contribution < 1.29 is 119 Å². The van der Waals surface area contributed by atoms with E-state index in [1.807, 2.05) is 0 Å². The number of likely N-dealkylation sites (N-methyl/N-ethyl adjacent to an activating group) is 1. The van der Waals surface area contributed by atoms with Crippen molar-refractivity contribution in [3.63, 3.8) is 0 Å². The summed E-state index contributed by atoms with van der Waals surface area (Å²) in [5.74, 6) is -5.64. The molecule has 0 saturated carbocycles. The molecule has 35 nitrogen and oxygen atoms in total. The van der Waals surface area contributed by atoms with Gasteiger partial charge in [0.25, 0.3) is 0 Å². The number of carbonyl (C=O) groups excluding carboxylic acids is 5. The van der Waals surface area contributed by atoms with E-state index in [1.165, 1.54) is 37.5 Å². The van der Waals surface area contributed by atoms with Crippen LogP contribution in [0.25, 0.3) is 0 Å². The molecule has 0 spiro atoms. The van der Waals surface area contributed by atoms with Crippen LogP contribution in [0.1, 0.15) is 12.5 Å². The van der Waals surface area contributed by atoms with Gasteiger partial charge in [-0.2, -0.15) is 0 Å². The van der Waals surface area contributed by atoms with E-state index in [1.54, 1.807) is 42.3 Å². The van der Waals surface area contributed by atoms with Gasteiger partial charge in [-0.25, -0.2) is 0 Å². The number of aliphatic hydroxyl groups is 14. The molecule has 23 N–H and O–H groups in total. The van der Waals surface area contributed by atoms with Crippen LogP contribution in [0.2, 0.25) is 0 Å². The summed E-state index contributed by atoms with van der Waals surface area (Å²) in [5.41, 5.74) is 0.875. The summed E-state index contributed by atoms with van der Waals surface area (Å²) < 4.78 is 28.2. The van der Waals surface area contributed by atoms with Gasteiger partial charge >= 0.3 is 0 Å². The first kappa shape index (κ1) is 67.9. The van der Waals surface area contributed by atoms with Crippen molar-refractivity contribution in [3.05, 3.63) is 60.2 Å². The first-order valence-corrected chi connectivity index (χ1v) is 27.6. The van der Waals surface area contributed by atoms with Gasteiger partial charge in [-0.05, 0) is 36.8 Å². The second-order valence-corrected chi connectivity index (χ2v) is 21.4. The van der Waals surface area contributed by atoms with E-state index < -0.39 is 216 Å². The number of carbonyl (C=O) groups is 4. The largest absolute Gasteiger partial charge is 0.462 e. The quantitative estimate of drug-likeness (QED) is 0.0416. The van der Waals surface area contributed by atoms with Gasteiger partial charge in [-0.3, -0.25) is 34.8 Å². The van der Waals surface area contributed by atoms with Gasteiger partial charge in [-0.15, -0.1) is 0 Å². The van der Waals surface area contributed by atoms with Crippen LogP contribution in [0.3, 0.4) is 0 Å². The number of nitrogens with one attached hydrogen (secondary N) is 9. The molecule has 5 heterocycles. The average molecular weight is 1240 g/mol. The minimum absolute atomic E-state index is 0.0371. The second kappa shape index (κ2) is 30.1. The number of nitrogens with zero attached hydrogens (tertiary/aromatic N) is 2. The van der Waals surface area contributed by atoms with Crippen molar-refractivity contribution in [3.8, 4) is 5.75 Å². The molecule has 24 unspecified atom stereocenters. The molecule has 5 aliphatic rings. The molecule has 24 atom stereocenters. The molecule has 5 aliphatic heterocycles. The average Bonchev–Trinajstić information content (AvgIpc) is 2.15. The fourth-order valence-corrected chi connectivity index (χ4v) is 10.4. The third-order valence-electron chi connectivity index (χ3n) is 15.7. The first-order valence-electron chi connectivity index (χ1n) is 27.6. The number of rotatable bonds is 26. The van der Waals surface area contributed by atoms with Crippen molar-refractivity contribution in [2.75, 3.05) is 51.5 Å². The van der Waals surface area contributed by atoms with Crippen LogP contribution in [0.4, 0.5) is 5.69 Å². The normalized spacial score (nSPS) is 33.2. The highest BCUT2D eigenvalue weighted by Crippen LogP contribution is 2.32. The molecule has 2 aromatic rings. The molecule has 0 bridgehead atoms. The Morgan fingerprint density at radius 1 is 0.678 bits per heavy atom.